The van der Waals surface area contributed by atoms with Crippen molar-refractivity contribution in [3.63, 3.8) is 0 Å². The number of benzene rings is 1. The highest BCUT2D eigenvalue weighted by Crippen LogP contribution is 2.21. The maximum absolute atomic E-state index is 10.5. The molecule has 3 N–H and O–H groups in total. The van der Waals surface area contributed by atoms with Crippen LogP contribution in [0.2, 0.25) is 0 Å². The van der Waals surface area contributed by atoms with Crippen molar-refractivity contribution in [2.75, 3.05) is 19.6 Å². The minimum Gasteiger partial charge on any atom is -0.466 e. The lowest BCUT2D eigenvalue weighted by atomic mass is 10.0. The highest BCUT2D eigenvalue weighted by Gasteiger charge is 2.26. The second-order valence-corrected chi connectivity index (χ2v) is 6.14. The first-order valence-electron chi connectivity index (χ1n) is 8.36. The molecule has 24 heavy (non-hydrogen) atoms. The monoisotopic (exact) mass is 329 g/mol. The van der Waals surface area contributed by atoms with E-state index < -0.39 is 5.60 Å². The fourth-order valence-corrected chi connectivity index (χ4v) is 2.39. The number of furan rings is 1. The van der Waals surface area contributed by atoms with Gasteiger partial charge in [0.05, 0.1) is 12.8 Å². The van der Waals surface area contributed by atoms with Crippen LogP contribution in [0, 0.1) is 0 Å². The van der Waals surface area contributed by atoms with Crippen LogP contribution in [0.5, 0.6) is 0 Å². The molecule has 5 heteroatoms. The summed E-state index contributed by atoms with van der Waals surface area (Å²) >= 11 is 0. The molecule has 1 heterocycles. The molecule has 2 aromatic rings. The maximum Gasteiger partial charge on any atom is 0.191 e. The molecule has 0 aliphatic rings. The zero-order chi connectivity index (χ0) is 17.4. The Bertz CT molecular complexity index is 621. The number of guanidine groups is 1. The molecule has 0 spiro atoms. The third-order valence-corrected chi connectivity index (χ3v) is 3.89. The topological polar surface area (TPSA) is 69.8 Å². The Labute approximate surface area is 143 Å². The lowest BCUT2D eigenvalue weighted by Gasteiger charge is -2.20. The normalized spacial score (nSPS) is 15.6. The van der Waals surface area contributed by atoms with Gasteiger partial charge in [-0.15, -0.1) is 0 Å². The molecule has 1 aromatic carbocycles. The van der Waals surface area contributed by atoms with Gasteiger partial charge in [-0.2, -0.15) is 0 Å². The standard InChI is InChI=1S/C19H27N3O2/c1-4-20-18(21-13-15(2)16-9-6-5-7-10-16)22-14-19(3,23)17-11-8-12-24-17/h5-12,15,23H,4,13-14H2,1-3H3,(H2,20,21,22). The van der Waals surface area contributed by atoms with E-state index in [0.29, 0.717) is 17.6 Å². The second kappa shape index (κ2) is 8.55. The molecule has 0 fully saturated rings. The van der Waals surface area contributed by atoms with E-state index in [-0.39, 0.29) is 6.54 Å². The van der Waals surface area contributed by atoms with Crippen molar-refractivity contribution in [2.45, 2.75) is 32.3 Å². The fraction of sp³-hybridized carbons (Fsp3) is 0.421. The van der Waals surface area contributed by atoms with Crippen LogP contribution in [0.15, 0.2) is 58.1 Å². The van der Waals surface area contributed by atoms with E-state index in [2.05, 4.69) is 34.7 Å². The summed E-state index contributed by atoms with van der Waals surface area (Å²) in [5.74, 6) is 1.56. The summed E-state index contributed by atoms with van der Waals surface area (Å²) in [6.45, 7) is 7.63. The fourth-order valence-electron chi connectivity index (χ4n) is 2.39. The van der Waals surface area contributed by atoms with Crippen molar-refractivity contribution in [1.29, 1.82) is 0 Å². The molecule has 130 valence electrons. The zero-order valence-corrected chi connectivity index (χ0v) is 14.6. The van der Waals surface area contributed by atoms with E-state index in [4.69, 9.17) is 4.42 Å². The highest BCUT2D eigenvalue weighted by atomic mass is 16.4. The zero-order valence-electron chi connectivity index (χ0n) is 14.6. The summed E-state index contributed by atoms with van der Waals surface area (Å²) in [6, 6.07) is 13.9. The van der Waals surface area contributed by atoms with Crippen molar-refractivity contribution >= 4 is 5.96 Å². The Kier molecular flexibility index (Phi) is 6.44. The first-order chi connectivity index (χ1) is 11.5. The third-order valence-electron chi connectivity index (χ3n) is 3.89. The van der Waals surface area contributed by atoms with Gasteiger partial charge in [-0.1, -0.05) is 37.3 Å². The van der Waals surface area contributed by atoms with Crippen LogP contribution in [0.4, 0.5) is 0 Å². The number of nitrogens with zero attached hydrogens (tertiary/aromatic N) is 1. The Morgan fingerprint density at radius 3 is 2.58 bits per heavy atom. The molecule has 0 aliphatic carbocycles. The van der Waals surface area contributed by atoms with Crippen molar-refractivity contribution < 1.29 is 9.52 Å². The average molecular weight is 329 g/mol. The largest absolute Gasteiger partial charge is 0.466 e. The highest BCUT2D eigenvalue weighted by molar-refractivity contribution is 5.79. The van der Waals surface area contributed by atoms with E-state index >= 15 is 0 Å². The molecule has 2 rings (SSSR count). The van der Waals surface area contributed by atoms with E-state index in [1.165, 1.54) is 5.56 Å². The number of aliphatic hydroxyl groups is 1. The molecule has 5 nitrogen and oxygen atoms in total. The number of aliphatic imine (C=N–C) groups is 1. The van der Waals surface area contributed by atoms with Crippen molar-refractivity contribution in [1.82, 2.24) is 10.6 Å². The SMILES string of the molecule is CCNC(=NCC(C)(O)c1ccco1)NCC(C)c1ccccc1. The molecule has 0 aliphatic heterocycles. The summed E-state index contributed by atoms with van der Waals surface area (Å²) in [4.78, 5) is 4.49. The van der Waals surface area contributed by atoms with Gasteiger partial charge < -0.3 is 20.2 Å². The van der Waals surface area contributed by atoms with Crippen molar-refractivity contribution in [3.8, 4) is 0 Å². The van der Waals surface area contributed by atoms with Gasteiger partial charge in [0.1, 0.15) is 11.4 Å². The Morgan fingerprint density at radius 1 is 1.21 bits per heavy atom. The number of hydrogen-bond donors (Lipinski definition) is 3. The average Bonchev–Trinajstić information content (AvgIpc) is 3.13. The molecule has 0 bridgehead atoms. The molecule has 0 saturated carbocycles. The summed E-state index contributed by atoms with van der Waals surface area (Å²) in [5.41, 5.74) is 0.153. The van der Waals surface area contributed by atoms with Gasteiger partial charge in [-0.3, -0.25) is 0 Å². The minimum atomic E-state index is -1.13. The summed E-state index contributed by atoms with van der Waals surface area (Å²) in [7, 11) is 0. The van der Waals surface area contributed by atoms with E-state index in [0.717, 1.165) is 13.1 Å². The van der Waals surface area contributed by atoms with Crippen molar-refractivity contribution in [2.24, 2.45) is 4.99 Å². The predicted molar refractivity (Wildman–Crippen MR) is 97.1 cm³/mol. The van der Waals surface area contributed by atoms with Crippen LogP contribution >= 0.6 is 0 Å². The van der Waals surface area contributed by atoms with E-state index in [1.807, 2.05) is 25.1 Å². The summed E-state index contributed by atoms with van der Waals surface area (Å²) in [5, 5.41) is 17.0. The number of nitrogens with one attached hydrogen (secondary N) is 2. The lowest BCUT2D eigenvalue weighted by Crippen LogP contribution is -2.40. The van der Waals surface area contributed by atoms with Crippen LogP contribution in [-0.2, 0) is 5.60 Å². The van der Waals surface area contributed by atoms with Crippen LogP contribution in [0.25, 0.3) is 0 Å². The molecule has 0 radical (unpaired) electrons. The van der Waals surface area contributed by atoms with Gasteiger partial charge >= 0.3 is 0 Å². The van der Waals surface area contributed by atoms with Crippen LogP contribution < -0.4 is 10.6 Å². The van der Waals surface area contributed by atoms with Gasteiger partial charge in [-0.25, -0.2) is 4.99 Å². The Morgan fingerprint density at radius 2 is 1.96 bits per heavy atom. The van der Waals surface area contributed by atoms with Crippen LogP contribution in [0.1, 0.15) is 38.0 Å². The Hall–Kier alpha value is -2.27. The minimum absolute atomic E-state index is 0.218. The third kappa shape index (κ3) is 5.13. The van der Waals surface area contributed by atoms with Gasteiger partial charge in [0.15, 0.2) is 5.96 Å². The smallest absolute Gasteiger partial charge is 0.191 e. The molecule has 1 aromatic heterocycles. The van der Waals surface area contributed by atoms with E-state index in [1.54, 1.807) is 25.3 Å². The van der Waals surface area contributed by atoms with Gasteiger partial charge in [0.25, 0.3) is 0 Å². The number of rotatable bonds is 7. The molecule has 2 atom stereocenters. The van der Waals surface area contributed by atoms with Crippen LogP contribution in [0.3, 0.4) is 0 Å². The second-order valence-electron chi connectivity index (χ2n) is 6.14. The van der Waals surface area contributed by atoms with Crippen molar-refractivity contribution in [3.05, 3.63) is 60.1 Å². The van der Waals surface area contributed by atoms with Gasteiger partial charge in [0.2, 0.25) is 0 Å². The number of hydrogen-bond acceptors (Lipinski definition) is 3. The summed E-state index contributed by atoms with van der Waals surface area (Å²) < 4.78 is 5.29. The predicted octanol–water partition coefficient (Wildman–Crippen LogP) is 2.85. The maximum atomic E-state index is 10.5. The molecular weight excluding hydrogens is 302 g/mol. The molecular formula is C19H27N3O2. The summed E-state index contributed by atoms with van der Waals surface area (Å²) in [6.07, 6.45) is 1.55. The molecule has 0 saturated heterocycles. The lowest BCUT2D eigenvalue weighted by molar-refractivity contribution is 0.0437. The first kappa shape index (κ1) is 18.1. The first-order valence-corrected chi connectivity index (χ1v) is 8.36. The quantitative estimate of drug-likeness (QED) is 0.540. The molecule has 0 amide bonds. The van der Waals surface area contributed by atoms with Crippen LogP contribution in [-0.4, -0.2) is 30.7 Å². The van der Waals surface area contributed by atoms with Gasteiger partial charge in [0, 0.05) is 13.1 Å². The molecule has 2 unspecified atom stereocenters. The Balaban J connectivity index is 1.96. The van der Waals surface area contributed by atoms with E-state index in [9.17, 15) is 5.11 Å². The van der Waals surface area contributed by atoms with Gasteiger partial charge in [-0.05, 0) is 37.5 Å².